The molecule has 0 aliphatic carbocycles. The van der Waals surface area contributed by atoms with Gasteiger partial charge in [-0.1, -0.05) is 114 Å². The topological polar surface area (TPSA) is 0 Å². The second kappa shape index (κ2) is 21.2. The Morgan fingerprint density at radius 1 is 0.231 bits per heavy atom. The molecule has 78 heavy (non-hydrogen) atoms. The Morgan fingerprint density at radius 2 is 0.385 bits per heavy atom. The van der Waals surface area contributed by atoms with Crippen LogP contribution in [0.5, 0.6) is 0 Å². The Morgan fingerprint density at radius 3 is 0.513 bits per heavy atom. The van der Waals surface area contributed by atoms with Crippen molar-refractivity contribution in [2.45, 2.75) is 102 Å². The van der Waals surface area contributed by atoms with Gasteiger partial charge in [0.05, 0.1) is 44.5 Å². The van der Waals surface area contributed by atoms with Crippen molar-refractivity contribution in [1.82, 2.24) is 0 Å². The van der Waals surface area contributed by atoms with Crippen LogP contribution < -0.4 is 43.1 Å². The molecule has 0 unspecified atom stereocenters. The van der Waals surface area contributed by atoms with E-state index in [1.165, 1.54) is 18.3 Å². The summed E-state index contributed by atoms with van der Waals surface area (Å²) in [5, 5.41) is 0. The fraction of sp³-hybridized carbons (Fsp3) is 0.308. The number of benzene rings is 6. The van der Waals surface area contributed by atoms with E-state index in [2.05, 4.69) is 90.1 Å². The van der Waals surface area contributed by atoms with Crippen molar-refractivity contribution in [3.63, 3.8) is 0 Å². The molecule has 0 aliphatic heterocycles. The van der Waals surface area contributed by atoms with E-state index in [0.29, 0.717) is 0 Å². The summed E-state index contributed by atoms with van der Waals surface area (Å²) in [7, 11) is 0. The summed E-state index contributed by atoms with van der Waals surface area (Å²) in [6.45, 7) is 13.6. The molecule has 0 aliphatic rings. The van der Waals surface area contributed by atoms with Crippen molar-refractivity contribution < 1.29 is 127 Å². The Balaban J connectivity index is 0.000000443. The highest BCUT2D eigenvalue weighted by Gasteiger charge is 2.47. The van der Waals surface area contributed by atoms with E-state index < -0.39 is 195 Å². The number of hydrogen-bond acceptors (Lipinski definition) is 0. The predicted molar refractivity (Wildman–Crippen MR) is 238 cm³/mol. The van der Waals surface area contributed by atoms with Crippen LogP contribution in [0.25, 0.3) is 0 Å². The zero-order chi connectivity index (χ0) is 59.6. The lowest BCUT2D eigenvalue weighted by molar-refractivity contribution is -0.597. The van der Waals surface area contributed by atoms with Crippen molar-refractivity contribution in [2.24, 2.45) is 0 Å². The number of rotatable bonds is 6. The van der Waals surface area contributed by atoms with Gasteiger partial charge in [0, 0.05) is 0 Å². The molecule has 0 nitrogen and oxygen atoms in total. The van der Waals surface area contributed by atoms with E-state index in [1.54, 1.807) is 0 Å². The Bertz CT molecular complexity index is 2590. The number of alkyl halides is 24. The minimum absolute atomic E-state index is 0.0703. The molecule has 0 spiro atoms. The molecule has 424 valence electrons. The van der Waals surface area contributed by atoms with Gasteiger partial charge in [0.2, 0.25) is 0 Å². The maximum Gasteiger partial charge on any atom is 0.416 e. The fourth-order valence-electron chi connectivity index (χ4n) is 8.22. The van der Waals surface area contributed by atoms with E-state index in [4.69, 9.17) is 0 Å². The highest BCUT2D eigenvalue weighted by molar-refractivity contribution is 7.20. The second-order valence-electron chi connectivity index (χ2n) is 19.8. The Labute approximate surface area is 439 Å². The SMILES string of the molecule is CC(C)(C)c1ccc([I+]c2ccc(C(C)(C)C)cc2)cc1.FC(F)(F)c1cc([B-](c2cc(C(F)(F)F)cc(C(F)(F)F)c2)(c2cc(C(F)(F)F)cc(C(F)(F)F)c2)c2cc(C(F)(F)F)cc(C(F)(F)F)c2)cc(C(F)(F)F)c1. The van der Waals surface area contributed by atoms with Crippen molar-refractivity contribution in [1.29, 1.82) is 0 Å². The maximum absolute atomic E-state index is 14.2. The molecule has 0 heterocycles. The van der Waals surface area contributed by atoms with Gasteiger partial charge in [-0.2, -0.15) is 127 Å². The van der Waals surface area contributed by atoms with E-state index in [9.17, 15) is 105 Å². The van der Waals surface area contributed by atoms with Gasteiger partial charge in [-0.05, 0) is 70.5 Å². The minimum atomic E-state index is -6.13. The highest BCUT2D eigenvalue weighted by atomic mass is 127. The average Bonchev–Trinajstić information content (AvgIpc) is 3.26. The lowest BCUT2D eigenvalue weighted by Crippen LogP contribution is -3.61. The molecule has 0 fully saturated rings. The van der Waals surface area contributed by atoms with E-state index in [-0.39, 0.29) is 32.0 Å². The Kier molecular flexibility index (Phi) is 17.2. The quantitative estimate of drug-likeness (QED) is 0.0886. The summed E-state index contributed by atoms with van der Waals surface area (Å²) >= 11 is -0.0703. The van der Waals surface area contributed by atoms with Gasteiger partial charge in [0.1, 0.15) is 6.15 Å². The second-order valence-corrected chi connectivity index (χ2v) is 22.9. The summed E-state index contributed by atoms with van der Waals surface area (Å²) in [5.41, 5.74) is -26.9. The summed E-state index contributed by atoms with van der Waals surface area (Å²) < 4.78 is 344. The molecule has 0 atom stereocenters. The summed E-state index contributed by atoms with van der Waals surface area (Å²) in [6.07, 6.45) is -54.8. The molecule has 6 rings (SSSR count). The molecule has 26 heteroatoms. The van der Waals surface area contributed by atoms with Crippen molar-refractivity contribution in [3.05, 3.63) is 184 Å². The monoisotopic (exact) mass is 1260 g/mol. The van der Waals surface area contributed by atoms with Crippen LogP contribution in [0.3, 0.4) is 0 Å². The minimum Gasteiger partial charge on any atom is -0.194 e. The highest BCUT2D eigenvalue weighted by Crippen LogP contribution is 2.41. The molecule has 0 N–H and O–H groups in total. The number of hydrogen-bond donors (Lipinski definition) is 0. The third-order valence-electron chi connectivity index (χ3n) is 12.1. The standard InChI is InChI=1S/C32H12BF24.C20H26I/c34-25(35,36)13-1-14(26(37,38)39)6-21(5-13)33(22-7-15(27(40,41)42)2-16(8-22)28(43,44)45,23-9-17(29(46,47)48)3-18(10-23)30(49,50)51)24-11-19(31(52,53)54)4-20(12-24)32(55,56)57;1-19(2,3)15-7-11-17(12-8-15)21-18-13-9-16(10-14-18)20(4,5)6/h1-12H;7-14H,1-6H3/q-1;+1. The normalized spacial score (nSPS) is 13.8. The zero-order valence-corrected chi connectivity index (χ0v) is 42.7. The average molecular weight is 1260 g/mol. The van der Waals surface area contributed by atoms with Gasteiger partial charge in [0.25, 0.3) is 0 Å². The lowest BCUT2D eigenvalue weighted by atomic mass is 9.12. The lowest BCUT2D eigenvalue weighted by Gasteiger charge is -2.46. The van der Waals surface area contributed by atoms with Crippen LogP contribution in [0.1, 0.15) is 97.2 Å². The van der Waals surface area contributed by atoms with Crippen LogP contribution in [0.2, 0.25) is 0 Å². The number of halogens is 25. The van der Waals surface area contributed by atoms with Gasteiger partial charge < -0.3 is 0 Å². The van der Waals surface area contributed by atoms with Gasteiger partial charge in [-0.25, -0.2) is 0 Å². The van der Waals surface area contributed by atoms with Gasteiger partial charge in [-0.15, -0.1) is 0 Å². The molecule has 0 saturated carbocycles. The summed E-state index contributed by atoms with van der Waals surface area (Å²) in [4.78, 5) is 0. The van der Waals surface area contributed by atoms with Crippen LogP contribution >= 0.6 is 0 Å². The molecule has 0 saturated heterocycles. The van der Waals surface area contributed by atoms with Crippen molar-refractivity contribution in [3.8, 4) is 0 Å². The van der Waals surface area contributed by atoms with Crippen LogP contribution in [0.15, 0.2) is 121 Å². The van der Waals surface area contributed by atoms with E-state index >= 15 is 0 Å². The smallest absolute Gasteiger partial charge is 0.194 e. The first-order valence-corrected chi connectivity index (χ1v) is 24.3. The largest absolute Gasteiger partial charge is 0.416 e. The van der Waals surface area contributed by atoms with E-state index in [1.807, 2.05) is 0 Å². The Hall–Kier alpha value is -5.57. The molecular weight excluding hydrogens is 1220 g/mol. The van der Waals surface area contributed by atoms with Gasteiger partial charge >= 0.3 is 70.6 Å². The molecule has 6 aromatic carbocycles. The fourth-order valence-corrected chi connectivity index (χ4v) is 10.4. The van der Waals surface area contributed by atoms with Gasteiger partial charge in [0.15, 0.2) is 7.14 Å². The molecule has 0 amide bonds. The summed E-state index contributed by atoms with van der Waals surface area (Å²) in [6, 6.07) is 9.59. The van der Waals surface area contributed by atoms with Crippen LogP contribution in [-0.2, 0) is 60.2 Å². The molecule has 6 aromatic rings. The third-order valence-corrected chi connectivity index (χ3v) is 14.8. The van der Waals surface area contributed by atoms with Crippen molar-refractivity contribution in [2.75, 3.05) is 0 Å². The summed E-state index contributed by atoms with van der Waals surface area (Å²) in [5.74, 6) is 0. The molecular formula is C52H38BF24I. The molecule has 0 aromatic heterocycles. The van der Waals surface area contributed by atoms with E-state index in [0.717, 1.165) is 0 Å². The van der Waals surface area contributed by atoms with Crippen LogP contribution in [-0.4, -0.2) is 6.15 Å². The molecule has 0 bridgehead atoms. The van der Waals surface area contributed by atoms with Crippen LogP contribution in [0.4, 0.5) is 105 Å². The third kappa shape index (κ3) is 15.0. The first-order chi connectivity index (χ1) is 34.9. The predicted octanol–water partition coefficient (Wildman–Crippen LogP) is 13.6. The van der Waals surface area contributed by atoms with Gasteiger partial charge in [-0.3, -0.25) is 0 Å². The zero-order valence-electron chi connectivity index (χ0n) is 40.6. The first kappa shape index (κ1) is 63.3. The van der Waals surface area contributed by atoms with Crippen molar-refractivity contribution >= 4 is 28.0 Å². The maximum atomic E-state index is 14.2. The first-order valence-electron chi connectivity index (χ1n) is 22.1. The van der Waals surface area contributed by atoms with Crippen LogP contribution in [0, 0.1) is 7.14 Å². The molecule has 0 radical (unpaired) electrons.